The third-order valence-electron chi connectivity index (χ3n) is 8.18. The number of aromatic nitrogens is 1. The Morgan fingerprint density at radius 1 is 1.00 bits per heavy atom. The second-order valence-electron chi connectivity index (χ2n) is 10.9. The van der Waals surface area contributed by atoms with Crippen LogP contribution in [0.5, 0.6) is 0 Å². The molecule has 1 N–H and O–H groups in total. The summed E-state index contributed by atoms with van der Waals surface area (Å²) in [5.74, 6) is 0. The van der Waals surface area contributed by atoms with Crippen LogP contribution in [0.4, 0.5) is 17.1 Å². The summed E-state index contributed by atoms with van der Waals surface area (Å²) < 4.78 is 5.53. The minimum absolute atomic E-state index is 0.0279. The van der Waals surface area contributed by atoms with Gasteiger partial charge in [-0.1, -0.05) is 18.2 Å². The smallest absolute Gasteiger partial charge is 0.174 e. The van der Waals surface area contributed by atoms with Crippen molar-refractivity contribution in [2.24, 2.45) is 0 Å². The van der Waals surface area contributed by atoms with Crippen LogP contribution in [0.15, 0.2) is 72.9 Å². The number of benzene rings is 2. The third-order valence-corrected chi connectivity index (χ3v) is 8.50. The number of allylic oxidation sites excluding steroid dienone is 1. The van der Waals surface area contributed by atoms with Crippen LogP contribution in [0.1, 0.15) is 49.7 Å². The Kier molecular flexibility index (Phi) is 6.36. The number of hydrogen-bond donors (Lipinski definition) is 1. The number of morpholine rings is 1. The highest BCUT2D eigenvalue weighted by atomic mass is 32.1. The van der Waals surface area contributed by atoms with Gasteiger partial charge in [-0.2, -0.15) is 0 Å². The molecule has 6 rings (SSSR count). The van der Waals surface area contributed by atoms with Crippen molar-refractivity contribution in [2.45, 2.75) is 38.4 Å². The van der Waals surface area contributed by atoms with Crippen LogP contribution in [-0.4, -0.2) is 49.0 Å². The van der Waals surface area contributed by atoms with Crippen molar-refractivity contribution in [3.63, 3.8) is 0 Å². The number of thiocarbonyl (C=S) groups is 1. The highest BCUT2D eigenvalue weighted by Crippen LogP contribution is 2.45. The largest absolute Gasteiger partial charge is 0.378 e. The lowest BCUT2D eigenvalue weighted by Crippen LogP contribution is -2.42. The summed E-state index contributed by atoms with van der Waals surface area (Å²) >= 11 is 5.97. The average molecular weight is 526 g/mol. The number of likely N-dealkylation sites (N-methyl/N-ethyl adjacent to an activating group) is 1. The summed E-state index contributed by atoms with van der Waals surface area (Å²) in [5.41, 5.74) is 8.28. The Bertz CT molecular complexity index is 1360. The lowest BCUT2D eigenvalue weighted by atomic mass is 9.86. The van der Waals surface area contributed by atoms with Crippen LogP contribution in [0.25, 0.3) is 5.57 Å². The maximum absolute atomic E-state index is 5.97. The van der Waals surface area contributed by atoms with Crippen molar-refractivity contribution in [3.05, 3.63) is 89.8 Å². The SMILES string of the molecule is CC1=CC(C)(C)N(C)c2ccc([C@H]3[C@H](c4ccccn4)NC(=S)N3c3ccc(N4CCOCC4)cc3)cc21. The second kappa shape index (κ2) is 9.71. The second-order valence-corrected chi connectivity index (χ2v) is 11.3. The number of nitrogens with one attached hydrogen (secondary N) is 1. The molecule has 2 fully saturated rings. The molecule has 0 bridgehead atoms. The lowest BCUT2D eigenvalue weighted by Gasteiger charge is -2.41. The van der Waals surface area contributed by atoms with Gasteiger partial charge in [-0.05, 0) is 92.7 Å². The Hall–Kier alpha value is -3.42. The van der Waals surface area contributed by atoms with E-state index >= 15 is 0 Å². The number of hydrogen-bond acceptors (Lipinski definition) is 5. The predicted molar refractivity (Wildman–Crippen MR) is 160 cm³/mol. The number of fused-ring (bicyclic) bond motifs is 1. The highest BCUT2D eigenvalue weighted by Gasteiger charge is 2.41. The summed E-state index contributed by atoms with van der Waals surface area (Å²) in [6.45, 7) is 10.1. The molecule has 6 nitrogen and oxygen atoms in total. The molecule has 3 aliphatic heterocycles. The minimum Gasteiger partial charge on any atom is -0.378 e. The molecule has 2 aromatic carbocycles. The molecule has 0 amide bonds. The lowest BCUT2D eigenvalue weighted by molar-refractivity contribution is 0.122. The molecular weight excluding hydrogens is 490 g/mol. The topological polar surface area (TPSA) is 43.9 Å². The van der Waals surface area contributed by atoms with Gasteiger partial charge in [-0.15, -0.1) is 0 Å². The standard InChI is InChI=1S/C31H35N5OS/c1-21-20-31(2,3)34(4)27-13-8-22(19-25(21)27)29-28(26-7-5-6-14-32-26)33-30(38)36(29)24-11-9-23(10-12-24)35-15-17-37-18-16-35/h5-14,19-20,28-29H,15-18H2,1-4H3,(H,33,38)/t28-,29-/m0/s1. The van der Waals surface area contributed by atoms with Crippen LogP contribution >= 0.6 is 12.2 Å². The molecule has 2 saturated heterocycles. The van der Waals surface area contributed by atoms with Gasteiger partial charge >= 0.3 is 0 Å². The number of ether oxygens (including phenoxy) is 1. The fourth-order valence-electron chi connectivity index (χ4n) is 5.98. The van der Waals surface area contributed by atoms with E-state index in [1.165, 1.54) is 28.1 Å². The first kappa shape index (κ1) is 24.9. The summed E-state index contributed by atoms with van der Waals surface area (Å²) in [6.07, 6.45) is 4.21. The highest BCUT2D eigenvalue weighted by molar-refractivity contribution is 7.80. The van der Waals surface area contributed by atoms with E-state index < -0.39 is 0 Å². The van der Waals surface area contributed by atoms with E-state index in [1.54, 1.807) is 0 Å². The van der Waals surface area contributed by atoms with Crippen molar-refractivity contribution >= 4 is 40.0 Å². The first-order valence-corrected chi connectivity index (χ1v) is 13.8. The Labute approximate surface area is 230 Å². The van der Waals surface area contributed by atoms with E-state index in [4.69, 9.17) is 21.9 Å². The molecular formula is C31H35N5OS. The van der Waals surface area contributed by atoms with Gasteiger partial charge in [0, 0.05) is 49.0 Å². The monoisotopic (exact) mass is 525 g/mol. The zero-order chi connectivity index (χ0) is 26.4. The van der Waals surface area contributed by atoms with Gasteiger partial charge in [0.2, 0.25) is 0 Å². The third kappa shape index (κ3) is 4.33. The van der Waals surface area contributed by atoms with E-state index in [-0.39, 0.29) is 17.6 Å². The number of pyridine rings is 1. The van der Waals surface area contributed by atoms with Crippen molar-refractivity contribution in [2.75, 3.05) is 48.1 Å². The number of nitrogens with zero attached hydrogens (tertiary/aromatic N) is 4. The summed E-state index contributed by atoms with van der Waals surface area (Å²) in [7, 11) is 2.17. The van der Waals surface area contributed by atoms with E-state index in [1.807, 2.05) is 18.3 Å². The zero-order valence-electron chi connectivity index (χ0n) is 22.5. The fourth-order valence-corrected chi connectivity index (χ4v) is 6.32. The van der Waals surface area contributed by atoms with Crippen LogP contribution in [0, 0.1) is 0 Å². The van der Waals surface area contributed by atoms with Crippen molar-refractivity contribution in [1.29, 1.82) is 0 Å². The molecule has 0 aliphatic carbocycles. The van der Waals surface area contributed by atoms with Crippen molar-refractivity contribution < 1.29 is 4.74 Å². The Morgan fingerprint density at radius 3 is 2.45 bits per heavy atom. The Balaban J connectivity index is 1.42. The first-order chi connectivity index (χ1) is 18.3. The fraction of sp³-hybridized carbons (Fsp3) is 0.355. The molecule has 4 heterocycles. The summed E-state index contributed by atoms with van der Waals surface area (Å²) in [4.78, 5) is 11.7. The average Bonchev–Trinajstić information content (AvgIpc) is 3.29. The molecule has 3 aromatic rings. The normalized spacial score (nSPS) is 22.7. The van der Waals surface area contributed by atoms with Gasteiger partial charge in [-0.3, -0.25) is 4.98 Å². The van der Waals surface area contributed by atoms with Crippen LogP contribution < -0.4 is 20.0 Å². The molecule has 0 radical (unpaired) electrons. The maximum atomic E-state index is 5.97. The molecule has 0 unspecified atom stereocenters. The summed E-state index contributed by atoms with van der Waals surface area (Å²) in [5, 5.41) is 4.32. The predicted octanol–water partition coefficient (Wildman–Crippen LogP) is 5.73. The van der Waals surface area contributed by atoms with Gasteiger partial charge in [0.05, 0.1) is 36.5 Å². The molecule has 7 heteroatoms. The molecule has 0 spiro atoms. The van der Waals surface area contributed by atoms with E-state index in [0.29, 0.717) is 5.11 Å². The number of anilines is 3. The van der Waals surface area contributed by atoms with Crippen molar-refractivity contribution in [3.8, 4) is 0 Å². The van der Waals surface area contributed by atoms with E-state index in [0.717, 1.165) is 37.7 Å². The van der Waals surface area contributed by atoms with E-state index in [2.05, 4.69) is 102 Å². The van der Waals surface area contributed by atoms with Gasteiger partial charge < -0.3 is 24.8 Å². The summed E-state index contributed by atoms with van der Waals surface area (Å²) in [6, 6.07) is 21.6. The molecule has 2 atom stereocenters. The van der Waals surface area contributed by atoms with Gasteiger partial charge in [0.1, 0.15) is 0 Å². The maximum Gasteiger partial charge on any atom is 0.174 e. The van der Waals surface area contributed by atoms with E-state index in [9.17, 15) is 0 Å². The van der Waals surface area contributed by atoms with Gasteiger partial charge in [-0.25, -0.2) is 0 Å². The van der Waals surface area contributed by atoms with Crippen molar-refractivity contribution in [1.82, 2.24) is 10.3 Å². The molecule has 1 aromatic heterocycles. The first-order valence-electron chi connectivity index (χ1n) is 13.3. The molecule has 3 aliphatic rings. The quantitative estimate of drug-likeness (QED) is 0.437. The molecule has 0 saturated carbocycles. The van der Waals surface area contributed by atoms with Crippen LogP contribution in [0.3, 0.4) is 0 Å². The van der Waals surface area contributed by atoms with Crippen LogP contribution in [0.2, 0.25) is 0 Å². The molecule has 196 valence electrons. The zero-order valence-corrected chi connectivity index (χ0v) is 23.3. The minimum atomic E-state index is -0.0669. The number of rotatable bonds is 4. The molecule has 38 heavy (non-hydrogen) atoms. The Morgan fingerprint density at radius 2 is 1.74 bits per heavy atom. The van der Waals surface area contributed by atoms with Gasteiger partial charge in [0.25, 0.3) is 0 Å². The van der Waals surface area contributed by atoms with Crippen LogP contribution in [-0.2, 0) is 4.74 Å². The van der Waals surface area contributed by atoms with Gasteiger partial charge in [0.15, 0.2) is 5.11 Å².